The van der Waals surface area contributed by atoms with Crippen molar-refractivity contribution in [3.8, 4) is 0 Å². The van der Waals surface area contributed by atoms with Gasteiger partial charge in [0.15, 0.2) is 0 Å². The molecule has 0 radical (unpaired) electrons. The molecule has 0 aliphatic heterocycles. The summed E-state index contributed by atoms with van der Waals surface area (Å²) in [6.45, 7) is 3.01. The van der Waals surface area contributed by atoms with Crippen LogP contribution < -0.4 is 0 Å². The molecule has 0 aliphatic rings. The van der Waals surface area contributed by atoms with Crippen molar-refractivity contribution in [3.63, 3.8) is 0 Å². The van der Waals surface area contributed by atoms with E-state index in [2.05, 4.69) is 0 Å². The second-order valence-electron chi connectivity index (χ2n) is 4.10. The molecule has 0 unspecified atom stereocenters. The number of benzene rings is 1. The summed E-state index contributed by atoms with van der Waals surface area (Å²) in [5.74, 6) is 0. The zero-order valence-corrected chi connectivity index (χ0v) is 10.1. The predicted octanol–water partition coefficient (Wildman–Crippen LogP) is 2.66. The molecule has 1 aromatic rings. The van der Waals surface area contributed by atoms with Gasteiger partial charge in [-0.3, -0.25) is 4.90 Å². The predicted molar refractivity (Wildman–Crippen MR) is 63.9 cm³/mol. The number of halogens is 2. The Bertz CT molecular complexity index is 314. The van der Waals surface area contributed by atoms with Gasteiger partial charge in [-0.1, -0.05) is 31.2 Å². The average Bonchev–Trinajstić information content (AvgIpc) is 2.29. The number of rotatable bonds is 7. The standard InChI is InChI=1S/C13H19F2NO/c1-2-7-16(9-13(14)15)8-11-3-5-12(10-17)6-4-11/h3-6,13,17H,2,7-10H2,1H3. The molecule has 1 aromatic carbocycles. The third-order valence-electron chi connectivity index (χ3n) is 2.55. The summed E-state index contributed by atoms with van der Waals surface area (Å²) in [6.07, 6.45) is -1.43. The van der Waals surface area contributed by atoms with Gasteiger partial charge in [-0.25, -0.2) is 8.78 Å². The molecule has 0 amide bonds. The Balaban J connectivity index is 2.58. The summed E-state index contributed by atoms with van der Waals surface area (Å²) >= 11 is 0. The van der Waals surface area contributed by atoms with E-state index in [-0.39, 0.29) is 13.2 Å². The Morgan fingerprint density at radius 1 is 1.18 bits per heavy atom. The van der Waals surface area contributed by atoms with Crippen molar-refractivity contribution in [2.24, 2.45) is 0 Å². The van der Waals surface area contributed by atoms with Crippen LogP contribution in [-0.2, 0) is 13.2 Å². The SMILES string of the molecule is CCCN(Cc1ccc(CO)cc1)CC(F)F. The van der Waals surface area contributed by atoms with Gasteiger partial charge in [-0.05, 0) is 24.1 Å². The Morgan fingerprint density at radius 3 is 2.24 bits per heavy atom. The molecule has 4 heteroatoms. The largest absolute Gasteiger partial charge is 0.392 e. The van der Waals surface area contributed by atoms with Gasteiger partial charge in [-0.15, -0.1) is 0 Å². The van der Waals surface area contributed by atoms with Crippen molar-refractivity contribution >= 4 is 0 Å². The lowest BCUT2D eigenvalue weighted by atomic mass is 10.1. The van der Waals surface area contributed by atoms with Crippen LogP contribution in [0.5, 0.6) is 0 Å². The number of alkyl halides is 2. The maximum absolute atomic E-state index is 12.4. The van der Waals surface area contributed by atoms with Crippen molar-refractivity contribution in [3.05, 3.63) is 35.4 Å². The van der Waals surface area contributed by atoms with Gasteiger partial charge in [0.25, 0.3) is 6.43 Å². The Morgan fingerprint density at radius 2 is 1.76 bits per heavy atom. The molecule has 0 spiro atoms. The fourth-order valence-electron chi connectivity index (χ4n) is 1.75. The molecule has 1 rings (SSSR count). The lowest BCUT2D eigenvalue weighted by Crippen LogP contribution is -2.29. The zero-order valence-electron chi connectivity index (χ0n) is 10.1. The minimum Gasteiger partial charge on any atom is -0.392 e. The quantitative estimate of drug-likeness (QED) is 0.795. The molecule has 0 heterocycles. The molecule has 0 aromatic heterocycles. The summed E-state index contributed by atoms with van der Waals surface area (Å²) in [7, 11) is 0. The van der Waals surface area contributed by atoms with Crippen LogP contribution in [0.25, 0.3) is 0 Å². The van der Waals surface area contributed by atoms with E-state index in [9.17, 15) is 8.78 Å². The van der Waals surface area contributed by atoms with Gasteiger partial charge in [0, 0.05) is 6.54 Å². The average molecular weight is 243 g/mol. The van der Waals surface area contributed by atoms with Crippen molar-refractivity contribution < 1.29 is 13.9 Å². The zero-order chi connectivity index (χ0) is 12.7. The first-order chi connectivity index (χ1) is 8.15. The van der Waals surface area contributed by atoms with Crippen LogP contribution in [0.1, 0.15) is 24.5 Å². The highest BCUT2D eigenvalue weighted by atomic mass is 19.3. The van der Waals surface area contributed by atoms with E-state index >= 15 is 0 Å². The summed E-state index contributed by atoms with van der Waals surface area (Å²) in [5, 5.41) is 8.90. The lowest BCUT2D eigenvalue weighted by molar-refractivity contribution is 0.0847. The maximum Gasteiger partial charge on any atom is 0.251 e. The van der Waals surface area contributed by atoms with E-state index in [1.165, 1.54) is 0 Å². The van der Waals surface area contributed by atoms with Crippen LogP contribution in [0.15, 0.2) is 24.3 Å². The second kappa shape index (κ2) is 7.35. The van der Waals surface area contributed by atoms with Crippen LogP contribution in [0, 0.1) is 0 Å². The van der Waals surface area contributed by atoms with Crippen molar-refractivity contribution in [1.29, 1.82) is 0 Å². The third-order valence-corrected chi connectivity index (χ3v) is 2.55. The topological polar surface area (TPSA) is 23.5 Å². The molecule has 0 saturated heterocycles. The summed E-state index contributed by atoms with van der Waals surface area (Å²) in [5.41, 5.74) is 1.83. The van der Waals surface area contributed by atoms with Gasteiger partial charge in [0.05, 0.1) is 13.2 Å². The second-order valence-corrected chi connectivity index (χ2v) is 4.10. The van der Waals surface area contributed by atoms with Gasteiger partial charge in [0.1, 0.15) is 0 Å². The Kier molecular flexibility index (Phi) is 6.08. The first kappa shape index (κ1) is 14.1. The fraction of sp³-hybridized carbons (Fsp3) is 0.538. The van der Waals surface area contributed by atoms with E-state index in [1.54, 1.807) is 4.90 Å². The molecule has 0 bridgehead atoms. The Hall–Kier alpha value is -1.00. The molecular formula is C13H19F2NO. The summed E-state index contributed by atoms with van der Waals surface area (Å²) in [6, 6.07) is 7.39. The molecule has 2 nitrogen and oxygen atoms in total. The monoisotopic (exact) mass is 243 g/mol. The molecule has 1 N–H and O–H groups in total. The van der Waals surface area contributed by atoms with Crippen molar-refractivity contribution in [2.75, 3.05) is 13.1 Å². The number of aliphatic hydroxyl groups excluding tert-OH is 1. The number of aliphatic hydroxyl groups is 1. The van der Waals surface area contributed by atoms with Gasteiger partial charge < -0.3 is 5.11 Å². The van der Waals surface area contributed by atoms with Crippen LogP contribution in [-0.4, -0.2) is 29.5 Å². The lowest BCUT2D eigenvalue weighted by Gasteiger charge is -2.21. The first-order valence-electron chi connectivity index (χ1n) is 5.85. The smallest absolute Gasteiger partial charge is 0.251 e. The highest BCUT2D eigenvalue weighted by molar-refractivity contribution is 5.21. The van der Waals surface area contributed by atoms with Crippen LogP contribution in [0.2, 0.25) is 0 Å². The number of hydrogen-bond acceptors (Lipinski definition) is 2. The van der Waals surface area contributed by atoms with Crippen molar-refractivity contribution in [2.45, 2.75) is 32.9 Å². The third kappa shape index (κ3) is 5.24. The summed E-state index contributed by atoms with van der Waals surface area (Å²) < 4.78 is 24.7. The van der Waals surface area contributed by atoms with E-state index in [0.717, 1.165) is 17.5 Å². The van der Waals surface area contributed by atoms with Gasteiger partial charge >= 0.3 is 0 Å². The van der Waals surface area contributed by atoms with E-state index in [1.807, 2.05) is 31.2 Å². The maximum atomic E-state index is 12.4. The van der Waals surface area contributed by atoms with Gasteiger partial charge in [-0.2, -0.15) is 0 Å². The molecule has 0 atom stereocenters. The number of hydrogen-bond donors (Lipinski definition) is 1. The molecule has 0 aliphatic carbocycles. The molecule has 0 saturated carbocycles. The molecular weight excluding hydrogens is 224 g/mol. The van der Waals surface area contributed by atoms with Gasteiger partial charge in [0.2, 0.25) is 0 Å². The highest BCUT2D eigenvalue weighted by Crippen LogP contribution is 2.09. The van der Waals surface area contributed by atoms with E-state index in [4.69, 9.17) is 5.11 Å². The normalized spacial score (nSPS) is 11.4. The Labute approximate surface area is 101 Å². The number of nitrogens with zero attached hydrogens (tertiary/aromatic N) is 1. The molecule has 96 valence electrons. The highest BCUT2D eigenvalue weighted by Gasteiger charge is 2.11. The fourth-order valence-corrected chi connectivity index (χ4v) is 1.75. The molecule has 17 heavy (non-hydrogen) atoms. The minimum atomic E-state index is -2.29. The van der Waals surface area contributed by atoms with Crippen LogP contribution in [0.3, 0.4) is 0 Å². The van der Waals surface area contributed by atoms with Crippen LogP contribution >= 0.6 is 0 Å². The molecule has 0 fully saturated rings. The summed E-state index contributed by atoms with van der Waals surface area (Å²) in [4.78, 5) is 1.75. The minimum absolute atomic E-state index is 0.00991. The van der Waals surface area contributed by atoms with E-state index < -0.39 is 6.43 Å². The first-order valence-corrected chi connectivity index (χ1v) is 5.85. The van der Waals surface area contributed by atoms with Crippen LogP contribution in [0.4, 0.5) is 8.78 Å². The van der Waals surface area contributed by atoms with Crippen molar-refractivity contribution in [1.82, 2.24) is 4.90 Å². The van der Waals surface area contributed by atoms with E-state index in [0.29, 0.717) is 13.1 Å².